The predicted octanol–water partition coefficient (Wildman–Crippen LogP) is 8.10. The van der Waals surface area contributed by atoms with Crippen LogP contribution in [-0.2, 0) is 9.59 Å². The molecule has 4 atom stereocenters. The van der Waals surface area contributed by atoms with Crippen LogP contribution in [0.4, 0.5) is 0 Å². The van der Waals surface area contributed by atoms with Crippen LogP contribution in [0.25, 0.3) is 33.9 Å². The zero-order valence-electron chi connectivity index (χ0n) is 35.3. The summed E-state index contributed by atoms with van der Waals surface area (Å²) in [7, 11) is 0. The number of likely N-dealkylation sites (tertiary alicyclic amines) is 4. The second kappa shape index (κ2) is 18.1. The van der Waals surface area contributed by atoms with Crippen LogP contribution < -0.4 is 0 Å². The molecule has 4 aromatic heterocycles. The molecule has 2 N–H and O–H groups in total. The Bertz CT molecular complexity index is 2250. The monoisotopic (exact) mass is 829 g/mol. The second-order valence-corrected chi connectivity index (χ2v) is 17.3. The number of pyridine rings is 1. The Morgan fingerprint density at radius 1 is 0.500 bits per heavy atom. The van der Waals surface area contributed by atoms with Crippen LogP contribution in [0.5, 0.6) is 0 Å². The fraction of sp³-hybridized carbons (Fsp3) is 0.408. The molecule has 0 spiro atoms. The Labute approximate surface area is 363 Å². The molecule has 10 rings (SSSR count). The number of nitrogens with one attached hydrogen (secondary N) is 2. The van der Waals surface area contributed by atoms with Crippen molar-refractivity contribution < 1.29 is 9.59 Å². The van der Waals surface area contributed by atoms with Crippen LogP contribution in [0.2, 0.25) is 0 Å². The standard InChI is InChI=1S/C49H55N11O2/c61-48(43(35-13-4-1-5-14-35)57-23-6-2-7-24-57)59-27-11-16-41(59)46-53-32-39(55-46)34-18-20-36(21-19-34)45-51-30-38(31-52-45)40-33-54-47(56-40)42-17-12-28-60(42)49(62)44(37-15-10-22-50-29-37)58-25-8-3-9-26-58/h1,4-5,10,13-15,18-22,29-33,41-44H,2-3,6-9,11-12,16-17,23-28H2,(H,53,55)(H,54,56)/t41-,42-,43-,44-/m1/s1. The van der Waals surface area contributed by atoms with Crippen molar-refractivity contribution in [3.05, 3.63) is 127 Å². The van der Waals surface area contributed by atoms with Gasteiger partial charge in [0.2, 0.25) is 11.8 Å². The normalized spacial score (nSPS) is 21.0. The number of aromatic amines is 2. The summed E-state index contributed by atoms with van der Waals surface area (Å²) in [5, 5.41) is 0. The molecule has 13 heteroatoms. The fourth-order valence-electron chi connectivity index (χ4n) is 10.2. The summed E-state index contributed by atoms with van der Waals surface area (Å²) in [5.41, 5.74) is 6.49. The van der Waals surface area contributed by atoms with Gasteiger partial charge in [0, 0.05) is 49.0 Å². The van der Waals surface area contributed by atoms with Gasteiger partial charge < -0.3 is 19.8 Å². The molecule has 8 heterocycles. The first-order valence-corrected chi connectivity index (χ1v) is 22.7. The van der Waals surface area contributed by atoms with Crippen molar-refractivity contribution in [1.29, 1.82) is 0 Å². The first-order valence-electron chi connectivity index (χ1n) is 22.7. The van der Waals surface area contributed by atoms with Crippen molar-refractivity contribution in [2.24, 2.45) is 0 Å². The van der Waals surface area contributed by atoms with Gasteiger partial charge in [-0.05, 0) is 100 Å². The maximum atomic E-state index is 14.4. The molecule has 0 radical (unpaired) electrons. The Morgan fingerprint density at radius 2 is 1.02 bits per heavy atom. The largest absolute Gasteiger partial charge is 0.340 e. The highest BCUT2D eigenvalue weighted by Crippen LogP contribution is 2.38. The van der Waals surface area contributed by atoms with Crippen molar-refractivity contribution in [3.63, 3.8) is 0 Å². The molecule has 2 aromatic carbocycles. The Morgan fingerprint density at radius 3 is 1.56 bits per heavy atom. The van der Waals surface area contributed by atoms with Gasteiger partial charge in [0.25, 0.3) is 0 Å². The van der Waals surface area contributed by atoms with Gasteiger partial charge in [-0.2, -0.15) is 0 Å². The van der Waals surface area contributed by atoms with E-state index < -0.39 is 0 Å². The first-order chi connectivity index (χ1) is 30.6. The number of hydrogen-bond acceptors (Lipinski definition) is 9. The summed E-state index contributed by atoms with van der Waals surface area (Å²) in [4.78, 5) is 68.1. The topological polar surface area (TPSA) is 143 Å². The lowest BCUT2D eigenvalue weighted by molar-refractivity contribution is -0.139. The third-order valence-electron chi connectivity index (χ3n) is 13.4. The van der Waals surface area contributed by atoms with E-state index in [2.05, 4.69) is 53.9 Å². The van der Waals surface area contributed by atoms with Crippen molar-refractivity contribution in [1.82, 2.24) is 54.5 Å². The van der Waals surface area contributed by atoms with Gasteiger partial charge in [-0.1, -0.05) is 73.5 Å². The number of aromatic nitrogens is 7. The molecule has 4 aliphatic rings. The average Bonchev–Trinajstić information content (AvgIpc) is 4.19. The number of piperidine rings is 2. The summed E-state index contributed by atoms with van der Waals surface area (Å²) in [6.45, 7) is 5.17. The molecule has 13 nitrogen and oxygen atoms in total. The van der Waals surface area contributed by atoms with Gasteiger partial charge in [0.05, 0.1) is 35.9 Å². The molecule has 0 saturated carbocycles. The van der Waals surface area contributed by atoms with Crippen LogP contribution in [0.15, 0.2) is 104 Å². The maximum Gasteiger partial charge on any atom is 0.245 e. The highest BCUT2D eigenvalue weighted by Gasteiger charge is 2.40. The Hall–Kier alpha value is -6.05. The summed E-state index contributed by atoms with van der Waals surface area (Å²) < 4.78 is 0. The predicted molar refractivity (Wildman–Crippen MR) is 237 cm³/mol. The molecule has 318 valence electrons. The van der Waals surface area contributed by atoms with Crippen molar-refractivity contribution in [2.45, 2.75) is 88.4 Å². The Kier molecular flexibility index (Phi) is 11.7. The number of nitrogens with zero attached hydrogens (tertiary/aromatic N) is 9. The number of imidazole rings is 2. The van der Waals surface area contributed by atoms with Crippen LogP contribution in [0.1, 0.15) is 111 Å². The molecule has 2 amide bonds. The molecular formula is C49H55N11O2. The van der Waals surface area contributed by atoms with Crippen LogP contribution in [0, 0.1) is 0 Å². The third kappa shape index (κ3) is 8.18. The van der Waals surface area contributed by atoms with E-state index in [1.54, 1.807) is 6.20 Å². The minimum absolute atomic E-state index is 0.0850. The van der Waals surface area contributed by atoms with E-state index in [0.29, 0.717) is 12.4 Å². The van der Waals surface area contributed by atoms with E-state index >= 15 is 0 Å². The van der Waals surface area contributed by atoms with Gasteiger partial charge in [0.1, 0.15) is 23.7 Å². The average molecular weight is 830 g/mol. The van der Waals surface area contributed by atoms with E-state index in [4.69, 9.17) is 19.9 Å². The van der Waals surface area contributed by atoms with Crippen LogP contribution in [0.3, 0.4) is 0 Å². The molecule has 0 unspecified atom stereocenters. The lowest BCUT2D eigenvalue weighted by atomic mass is 10.00. The van der Waals surface area contributed by atoms with Crippen molar-refractivity contribution in [2.75, 3.05) is 39.3 Å². The minimum atomic E-state index is -0.339. The maximum absolute atomic E-state index is 14.4. The fourth-order valence-corrected chi connectivity index (χ4v) is 10.2. The van der Waals surface area contributed by atoms with E-state index in [1.165, 1.54) is 12.8 Å². The molecule has 4 saturated heterocycles. The van der Waals surface area contributed by atoms with Crippen LogP contribution in [-0.4, -0.2) is 106 Å². The SMILES string of the molecule is O=C([C@@H](c1ccccc1)N1CCCCC1)N1CCC[C@@H]1c1ncc(-c2ccc(-c3ncc(-c4cnc([C@H]5CCCN5C(=O)[C@@H](c5cccnc5)N5CCCCC5)[nH]4)cn3)cc2)[nH]1. The zero-order chi connectivity index (χ0) is 41.8. The lowest BCUT2D eigenvalue weighted by Crippen LogP contribution is -2.44. The molecule has 0 aliphatic carbocycles. The lowest BCUT2D eigenvalue weighted by Gasteiger charge is -2.37. The number of hydrogen-bond donors (Lipinski definition) is 2. The quantitative estimate of drug-likeness (QED) is 0.132. The van der Waals surface area contributed by atoms with Gasteiger partial charge >= 0.3 is 0 Å². The van der Waals surface area contributed by atoms with E-state index in [-0.39, 0.29) is 36.0 Å². The molecule has 6 aromatic rings. The third-order valence-corrected chi connectivity index (χ3v) is 13.4. The second-order valence-electron chi connectivity index (χ2n) is 17.3. The number of benzene rings is 2. The van der Waals surface area contributed by atoms with E-state index in [1.807, 2.05) is 78.3 Å². The highest BCUT2D eigenvalue weighted by atomic mass is 16.2. The Balaban J connectivity index is 0.804. The van der Waals surface area contributed by atoms with Crippen molar-refractivity contribution >= 4 is 11.8 Å². The number of H-pyrrole nitrogens is 2. The van der Waals surface area contributed by atoms with Gasteiger partial charge in [-0.25, -0.2) is 19.9 Å². The first kappa shape index (κ1) is 40.0. The summed E-state index contributed by atoms with van der Waals surface area (Å²) in [6.07, 6.45) is 21.5. The van der Waals surface area contributed by atoms with Crippen molar-refractivity contribution in [3.8, 4) is 33.9 Å². The number of amides is 2. The van der Waals surface area contributed by atoms with Gasteiger partial charge in [-0.15, -0.1) is 0 Å². The summed E-state index contributed by atoms with van der Waals surface area (Å²) >= 11 is 0. The summed E-state index contributed by atoms with van der Waals surface area (Å²) in [6, 6.07) is 21.6. The number of rotatable bonds is 11. The molecule has 0 bridgehead atoms. The number of carbonyl (C=O) groups is 2. The van der Waals surface area contributed by atoms with E-state index in [9.17, 15) is 9.59 Å². The van der Waals surface area contributed by atoms with Gasteiger partial charge in [0.15, 0.2) is 5.82 Å². The smallest absolute Gasteiger partial charge is 0.245 e. The minimum Gasteiger partial charge on any atom is -0.340 e. The zero-order valence-corrected chi connectivity index (χ0v) is 35.3. The molecular weight excluding hydrogens is 775 g/mol. The highest BCUT2D eigenvalue weighted by molar-refractivity contribution is 5.85. The molecule has 62 heavy (non-hydrogen) atoms. The van der Waals surface area contributed by atoms with E-state index in [0.717, 1.165) is 135 Å². The van der Waals surface area contributed by atoms with Crippen LogP contribution >= 0.6 is 0 Å². The van der Waals surface area contributed by atoms with Gasteiger partial charge in [-0.3, -0.25) is 24.4 Å². The molecule has 4 aliphatic heterocycles. The number of carbonyl (C=O) groups excluding carboxylic acids is 2. The summed E-state index contributed by atoms with van der Waals surface area (Å²) in [5.74, 6) is 2.54. The molecule has 4 fully saturated rings.